The summed E-state index contributed by atoms with van der Waals surface area (Å²) >= 11 is 0. The number of esters is 1. The molecule has 0 aliphatic heterocycles. The van der Waals surface area contributed by atoms with Gasteiger partial charge in [-0.3, -0.25) is 9.59 Å². The molecule has 2 aromatic carbocycles. The molecule has 0 saturated carbocycles. The SMILES string of the molecule is CC(C)(C)OC(=O)C(CNC(=O)c1ccc(OCCNc2ncccn2)cc1)NS(=O)(=O)c1ccccc1. The highest BCUT2D eigenvalue weighted by Gasteiger charge is 2.30. The van der Waals surface area contributed by atoms with Crippen molar-refractivity contribution in [2.24, 2.45) is 0 Å². The first-order valence-corrected chi connectivity index (χ1v) is 13.3. The third-order valence-corrected chi connectivity index (χ3v) is 6.33. The fourth-order valence-corrected chi connectivity index (χ4v) is 4.33. The maximum absolute atomic E-state index is 12.8. The number of amides is 1. The van der Waals surface area contributed by atoms with Gasteiger partial charge in [-0.1, -0.05) is 18.2 Å². The number of anilines is 1. The molecule has 0 bridgehead atoms. The highest BCUT2D eigenvalue weighted by Crippen LogP contribution is 2.14. The number of hydrogen-bond donors (Lipinski definition) is 3. The van der Waals surface area contributed by atoms with Crippen LogP contribution in [0.15, 0.2) is 78.0 Å². The first-order valence-electron chi connectivity index (χ1n) is 11.9. The van der Waals surface area contributed by atoms with Crippen molar-refractivity contribution in [1.82, 2.24) is 20.0 Å². The monoisotopic (exact) mass is 541 g/mol. The number of sulfonamides is 1. The summed E-state index contributed by atoms with van der Waals surface area (Å²) in [7, 11) is -4.04. The van der Waals surface area contributed by atoms with E-state index < -0.39 is 33.5 Å². The minimum absolute atomic E-state index is 0.0121. The van der Waals surface area contributed by atoms with Crippen LogP contribution in [0.25, 0.3) is 0 Å². The van der Waals surface area contributed by atoms with Gasteiger partial charge in [0.15, 0.2) is 0 Å². The van der Waals surface area contributed by atoms with Crippen LogP contribution in [0, 0.1) is 0 Å². The second-order valence-corrected chi connectivity index (χ2v) is 10.8. The van der Waals surface area contributed by atoms with Gasteiger partial charge in [0, 0.05) is 24.5 Å². The Balaban J connectivity index is 1.57. The molecule has 1 heterocycles. The van der Waals surface area contributed by atoms with Gasteiger partial charge >= 0.3 is 5.97 Å². The molecular formula is C26H31N5O6S. The van der Waals surface area contributed by atoms with Crippen molar-refractivity contribution >= 4 is 27.8 Å². The van der Waals surface area contributed by atoms with Crippen molar-refractivity contribution in [1.29, 1.82) is 0 Å². The van der Waals surface area contributed by atoms with Gasteiger partial charge in [0.05, 0.1) is 11.4 Å². The summed E-state index contributed by atoms with van der Waals surface area (Å²) in [6.45, 7) is 5.52. The number of carbonyl (C=O) groups excluding carboxylic acids is 2. The van der Waals surface area contributed by atoms with E-state index in [2.05, 4.69) is 25.3 Å². The van der Waals surface area contributed by atoms with Gasteiger partial charge < -0.3 is 20.1 Å². The molecule has 202 valence electrons. The number of benzene rings is 2. The van der Waals surface area contributed by atoms with Crippen LogP contribution in [0.5, 0.6) is 5.75 Å². The molecule has 12 heteroatoms. The highest BCUT2D eigenvalue weighted by molar-refractivity contribution is 7.89. The van der Waals surface area contributed by atoms with Crippen LogP contribution < -0.4 is 20.1 Å². The summed E-state index contributed by atoms with van der Waals surface area (Å²) in [5.41, 5.74) is -0.543. The van der Waals surface area contributed by atoms with Crippen molar-refractivity contribution in [3.63, 3.8) is 0 Å². The Hall–Kier alpha value is -4.03. The largest absolute Gasteiger partial charge is 0.492 e. The van der Waals surface area contributed by atoms with Crippen LogP contribution in [0.4, 0.5) is 5.95 Å². The zero-order valence-corrected chi connectivity index (χ0v) is 22.2. The van der Waals surface area contributed by atoms with E-state index in [0.717, 1.165) is 0 Å². The van der Waals surface area contributed by atoms with Crippen molar-refractivity contribution in [3.8, 4) is 5.75 Å². The van der Waals surface area contributed by atoms with E-state index in [9.17, 15) is 18.0 Å². The van der Waals surface area contributed by atoms with Crippen LogP contribution in [0.1, 0.15) is 31.1 Å². The lowest BCUT2D eigenvalue weighted by molar-refractivity contribution is -0.156. The summed E-state index contributed by atoms with van der Waals surface area (Å²) in [5, 5.41) is 5.62. The molecular weight excluding hydrogens is 510 g/mol. The molecule has 3 N–H and O–H groups in total. The van der Waals surface area contributed by atoms with Crippen LogP contribution in [0.2, 0.25) is 0 Å². The third-order valence-electron chi connectivity index (χ3n) is 4.85. The molecule has 1 unspecified atom stereocenters. The number of nitrogens with one attached hydrogen (secondary N) is 3. The van der Waals surface area contributed by atoms with E-state index in [4.69, 9.17) is 9.47 Å². The molecule has 38 heavy (non-hydrogen) atoms. The number of carbonyl (C=O) groups is 2. The normalized spacial score (nSPS) is 12.3. The van der Waals surface area contributed by atoms with Gasteiger partial charge in [-0.05, 0) is 63.2 Å². The Morgan fingerprint density at radius 2 is 1.61 bits per heavy atom. The lowest BCUT2D eigenvalue weighted by Crippen LogP contribution is -2.50. The number of rotatable bonds is 12. The van der Waals surface area contributed by atoms with Crippen LogP contribution in [0.3, 0.4) is 0 Å². The van der Waals surface area contributed by atoms with E-state index in [-0.39, 0.29) is 11.4 Å². The number of aromatic nitrogens is 2. The van der Waals surface area contributed by atoms with Gasteiger partial charge in [0.25, 0.3) is 5.91 Å². The maximum atomic E-state index is 12.8. The lowest BCUT2D eigenvalue weighted by atomic mass is 10.2. The van der Waals surface area contributed by atoms with Gasteiger partial charge in [-0.25, -0.2) is 18.4 Å². The minimum atomic E-state index is -4.04. The van der Waals surface area contributed by atoms with E-state index in [1.807, 2.05) is 0 Å². The molecule has 3 rings (SSSR count). The molecule has 11 nitrogen and oxygen atoms in total. The van der Waals surface area contributed by atoms with E-state index in [0.29, 0.717) is 30.4 Å². The summed E-state index contributed by atoms with van der Waals surface area (Å²) < 4.78 is 38.9. The van der Waals surface area contributed by atoms with E-state index >= 15 is 0 Å². The fourth-order valence-electron chi connectivity index (χ4n) is 3.12. The Morgan fingerprint density at radius 1 is 0.947 bits per heavy atom. The van der Waals surface area contributed by atoms with Crippen LogP contribution in [-0.4, -0.2) is 61.6 Å². The lowest BCUT2D eigenvalue weighted by Gasteiger charge is -2.24. The van der Waals surface area contributed by atoms with Crippen LogP contribution in [-0.2, 0) is 19.6 Å². The zero-order valence-electron chi connectivity index (χ0n) is 21.4. The first-order chi connectivity index (χ1) is 18.0. The Bertz CT molecular complexity index is 1300. The van der Waals surface area contributed by atoms with Gasteiger partial charge in [0.1, 0.15) is 24.0 Å². The Morgan fingerprint density at radius 3 is 2.24 bits per heavy atom. The third kappa shape index (κ3) is 9.12. The average molecular weight is 542 g/mol. The fraction of sp³-hybridized carbons (Fsp3) is 0.308. The predicted molar refractivity (Wildman–Crippen MR) is 141 cm³/mol. The molecule has 0 aliphatic rings. The number of nitrogens with zero attached hydrogens (tertiary/aromatic N) is 2. The second-order valence-electron chi connectivity index (χ2n) is 9.10. The summed E-state index contributed by atoms with van der Waals surface area (Å²) in [5.74, 6) is -0.249. The molecule has 0 fully saturated rings. The van der Waals surface area contributed by atoms with E-state index in [1.54, 1.807) is 81.7 Å². The van der Waals surface area contributed by atoms with Crippen molar-refractivity contribution in [3.05, 3.63) is 78.6 Å². The van der Waals surface area contributed by atoms with Gasteiger partial charge in [-0.2, -0.15) is 4.72 Å². The van der Waals surface area contributed by atoms with Crippen molar-refractivity contribution in [2.45, 2.75) is 37.3 Å². The topological polar surface area (TPSA) is 149 Å². The highest BCUT2D eigenvalue weighted by atomic mass is 32.2. The van der Waals surface area contributed by atoms with Crippen molar-refractivity contribution in [2.75, 3.05) is 25.0 Å². The number of ether oxygens (including phenoxy) is 2. The summed E-state index contributed by atoms with van der Waals surface area (Å²) in [4.78, 5) is 33.6. The average Bonchev–Trinajstić information content (AvgIpc) is 2.89. The van der Waals surface area contributed by atoms with E-state index in [1.165, 1.54) is 12.1 Å². The molecule has 1 atom stereocenters. The zero-order chi connectivity index (χ0) is 27.6. The van der Waals surface area contributed by atoms with Gasteiger partial charge in [-0.15, -0.1) is 0 Å². The van der Waals surface area contributed by atoms with Gasteiger partial charge in [0.2, 0.25) is 16.0 Å². The van der Waals surface area contributed by atoms with Crippen molar-refractivity contribution < 1.29 is 27.5 Å². The molecule has 3 aromatic rings. The minimum Gasteiger partial charge on any atom is -0.492 e. The molecule has 0 radical (unpaired) electrons. The molecule has 1 aromatic heterocycles. The summed E-state index contributed by atoms with van der Waals surface area (Å²) in [6, 6.07) is 14.4. The molecule has 0 spiro atoms. The summed E-state index contributed by atoms with van der Waals surface area (Å²) in [6.07, 6.45) is 3.27. The molecule has 1 amide bonds. The quantitative estimate of drug-likeness (QED) is 0.232. The Labute approximate surface area is 222 Å². The molecule has 0 saturated heterocycles. The Kier molecular flexibility index (Phi) is 9.74. The molecule has 0 aliphatic carbocycles. The smallest absolute Gasteiger partial charge is 0.326 e. The second kappa shape index (κ2) is 13.0. The maximum Gasteiger partial charge on any atom is 0.326 e. The van der Waals surface area contributed by atoms with Crippen LogP contribution >= 0.6 is 0 Å². The standard InChI is InChI=1S/C26H31N5O6S/c1-26(2,3)37-24(33)22(31-38(34,35)21-8-5-4-6-9-21)18-30-23(32)19-10-12-20(13-11-19)36-17-16-29-25-27-14-7-15-28-25/h4-15,22,31H,16-18H2,1-3H3,(H,30,32)(H,27,28,29). The number of hydrogen-bond acceptors (Lipinski definition) is 9. The first kappa shape index (κ1) is 28.5. The predicted octanol–water partition coefficient (Wildman–Crippen LogP) is 2.39.